The normalized spacial score (nSPS) is 29.4. The molecule has 0 spiro atoms. The van der Waals surface area contributed by atoms with Crippen molar-refractivity contribution in [2.45, 2.75) is 63.1 Å². The van der Waals surface area contributed by atoms with Gasteiger partial charge in [-0.15, -0.1) is 0 Å². The van der Waals surface area contributed by atoms with Gasteiger partial charge in [0.1, 0.15) is 11.8 Å². The van der Waals surface area contributed by atoms with Crippen molar-refractivity contribution in [2.75, 3.05) is 26.2 Å². The van der Waals surface area contributed by atoms with Crippen LogP contribution < -0.4 is 0 Å². The maximum atomic E-state index is 13.7. The fraction of sp³-hybridized carbons (Fsp3) is 0.519. The van der Waals surface area contributed by atoms with Crippen LogP contribution in [0.25, 0.3) is 11.1 Å². The highest BCUT2D eigenvalue weighted by molar-refractivity contribution is 6.03. The highest BCUT2D eigenvalue weighted by Crippen LogP contribution is 2.47. The predicted molar refractivity (Wildman–Crippen MR) is 119 cm³/mol. The Morgan fingerprint density at radius 1 is 1.13 bits per heavy atom. The number of fused-ring (bicyclic) bond motifs is 5. The Hall–Kier alpha value is -2.04. The number of hydrogen-bond donors (Lipinski definition) is 0. The Morgan fingerprint density at radius 2 is 2.00 bits per heavy atom. The molecule has 3 atom stereocenters. The van der Waals surface area contributed by atoms with Crippen molar-refractivity contribution in [1.29, 1.82) is 0 Å². The summed E-state index contributed by atoms with van der Waals surface area (Å²) < 4.78 is 19.4. The molecule has 2 aromatic rings. The molecule has 162 valence electrons. The number of likely N-dealkylation sites (tertiary alicyclic amines) is 1. The molecule has 2 fully saturated rings. The van der Waals surface area contributed by atoms with Gasteiger partial charge in [-0.1, -0.05) is 24.3 Å². The van der Waals surface area contributed by atoms with Crippen LogP contribution in [0, 0.1) is 0 Å². The first-order chi connectivity index (χ1) is 15.0. The third kappa shape index (κ3) is 3.35. The Labute approximate surface area is 183 Å². The lowest BCUT2D eigenvalue weighted by Crippen LogP contribution is -2.24. The SMILES string of the molecule is CC1(c2ccc3c(c2)-c2c(ccc4c2CCC4=O)CCC3CCN2CC[C@@H](F)C2)CO1. The highest BCUT2D eigenvalue weighted by Gasteiger charge is 2.42. The van der Waals surface area contributed by atoms with E-state index in [2.05, 4.69) is 42.2 Å². The van der Waals surface area contributed by atoms with E-state index in [0.29, 0.717) is 25.3 Å². The second-order valence-corrected chi connectivity index (χ2v) is 10.1. The van der Waals surface area contributed by atoms with Crippen LogP contribution in [0.3, 0.4) is 0 Å². The number of aryl methyl sites for hydroxylation is 1. The molecule has 31 heavy (non-hydrogen) atoms. The summed E-state index contributed by atoms with van der Waals surface area (Å²) in [5, 5.41) is 0. The maximum Gasteiger partial charge on any atom is 0.163 e. The van der Waals surface area contributed by atoms with E-state index < -0.39 is 6.17 Å². The molecular formula is C27H30FNO2. The van der Waals surface area contributed by atoms with Gasteiger partial charge in [0.2, 0.25) is 0 Å². The topological polar surface area (TPSA) is 32.8 Å². The summed E-state index contributed by atoms with van der Waals surface area (Å²) in [4.78, 5) is 14.8. The molecule has 0 bridgehead atoms. The number of ketones is 1. The Bertz CT molecular complexity index is 1060. The number of alkyl halides is 1. The number of benzene rings is 2. The molecule has 2 aromatic carbocycles. The molecule has 4 aliphatic rings. The molecule has 2 unspecified atom stereocenters. The van der Waals surface area contributed by atoms with Crippen molar-refractivity contribution < 1.29 is 13.9 Å². The minimum Gasteiger partial charge on any atom is -0.365 e. The zero-order valence-corrected chi connectivity index (χ0v) is 18.3. The van der Waals surface area contributed by atoms with Crippen LogP contribution in [-0.2, 0) is 23.2 Å². The fourth-order valence-electron chi connectivity index (χ4n) is 5.98. The average Bonchev–Trinajstić information content (AvgIpc) is 3.27. The minimum absolute atomic E-state index is 0.170. The largest absolute Gasteiger partial charge is 0.365 e. The van der Waals surface area contributed by atoms with Crippen LogP contribution >= 0.6 is 0 Å². The number of epoxide rings is 1. The average molecular weight is 420 g/mol. The molecule has 2 aliphatic carbocycles. The number of ether oxygens (including phenoxy) is 1. The van der Waals surface area contributed by atoms with Gasteiger partial charge in [-0.05, 0) is 90.9 Å². The van der Waals surface area contributed by atoms with E-state index in [4.69, 9.17) is 4.74 Å². The molecule has 6 rings (SSSR count). The van der Waals surface area contributed by atoms with Gasteiger partial charge in [-0.2, -0.15) is 0 Å². The summed E-state index contributed by atoms with van der Waals surface area (Å²) >= 11 is 0. The zero-order valence-electron chi connectivity index (χ0n) is 18.3. The summed E-state index contributed by atoms with van der Waals surface area (Å²) in [6, 6.07) is 11.2. The van der Waals surface area contributed by atoms with Gasteiger partial charge in [-0.3, -0.25) is 4.79 Å². The van der Waals surface area contributed by atoms with Crippen LogP contribution in [0.1, 0.15) is 71.1 Å². The molecule has 0 radical (unpaired) electrons. The van der Waals surface area contributed by atoms with E-state index in [1.54, 1.807) is 0 Å². The van der Waals surface area contributed by atoms with Gasteiger partial charge in [0.25, 0.3) is 0 Å². The van der Waals surface area contributed by atoms with Gasteiger partial charge in [-0.25, -0.2) is 4.39 Å². The first-order valence-corrected chi connectivity index (χ1v) is 11.8. The van der Waals surface area contributed by atoms with Crippen molar-refractivity contribution in [1.82, 2.24) is 4.90 Å². The molecule has 0 aromatic heterocycles. The number of hydrogen-bond acceptors (Lipinski definition) is 3. The van der Waals surface area contributed by atoms with Crippen molar-refractivity contribution >= 4 is 5.78 Å². The van der Waals surface area contributed by atoms with E-state index in [9.17, 15) is 9.18 Å². The van der Waals surface area contributed by atoms with Crippen molar-refractivity contribution in [3.05, 3.63) is 58.1 Å². The number of rotatable bonds is 4. The van der Waals surface area contributed by atoms with E-state index in [1.165, 1.54) is 33.4 Å². The lowest BCUT2D eigenvalue weighted by atomic mass is 9.84. The second-order valence-electron chi connectivity index (χ2n) is 10.1. The van der Waals surface area contributed by atoms with Crippen LogP contribution in [-0.4, -0.2) is 43.1 Å². The third-order valence-corrected chi connectivity index (χ3v) is 8.02. The van der Waals surface area contributed by atoms with Gasteiger partial charge in [0.15, 0.2) is 5.78 Å². The first kappa shape index (κ1) is 19.6. The summed E-state index contributed by atoms with van der Waals surface area (Å²) in [7, 11) is 0. The lowest BCUT2D eigenvalue weighted by molar-refractivity contribution is 0.0994. The number of Topliss-reactive ketones (excluding diaryl/α,β-unsaturated/α-hetero) is 1. The van der Waals surface area contributed by atoms with Crippen molar-refractivity contribution in [3.63, 3.8) is 0 Å². The number of carbonyl (C=O) groups is 1. The Balaban J connectivity index is 1.42. The third-order valence-electron chi connectivity index (χ3n) is 8.02. The molecule has 0 saturated carbocycles. The molecule has 0 N–H and O–H groups in total. The number of carbonyl (C=O) groups excluding carboxylic acids is 1. The Kier molecular flexibility index (Phi) is 4.59. The minimum atomic E-state index is -0.660. The van der Waals surface area contributed by atoms with E-state index in [-0.39, 0.29) is 11.4 Å². The second kappa shape index (κ2) is 7.25. The molecule has 2 saturated heterocycles. The highest BCUT2D eigenvalue weighted by atomic mass is 19.1. The molecular weight excluding hydrogens is 389 g/mol. The van der Waals surface area contributed by atoms with Gasteiger partial charge in [0, 0.05) is 25.1 Å². The van der Waals surface area contributed by atoms with Crippen LogP contribution in [0.5, 0.6) is 0 Å². The van der Waals surface area contributed by atoms with E-state index >= 15 is 0 Å². The van der Waals surface area contributed by atoms with E-state index in [0.717, 1.165) is 50.9 Å². The zero-order chi connectivity index (χ0) is 21.2. The Morgan fingerprint density at radius 3 is 2.77 bits per heavy atom. The molecule has 2 heterocycles. The summed E-state index contributed by atoms with van der Waals surface area (Å²) in [6.45, 7) is 5.35. The standard InChI is InChI=1S/C27H30FNO2/c1-27(16-31-27)19-5-7-21-17(10-12-29-13-11-20(28)15-29)2-3-18-4-6-22-23(8-9-25(22)30)26(18)24(21)14-19/h4-7,14,17,20H,2-3,8-13,15-16H2,1H3/t17?,20-,27?/m1/s1. The first-order valence-electron chi connectivity index (χ1n) is 11.8. The molecule has 0 amide bonds. The van der Waals surface area contributed by atoms with Crippen molar-refractivity contribution in [2.24, 2.45) is 0 Å². The summed E-state index contributed by atoms with van der Waals surface area (Å²) in [5.41, 5.74) is 8.64. The summed E-state index contributed by atoms with van der Waals surface area (Å²) in [6.07, 6.45) is 4.69. The van der Waals surface area contributed by atoms with E-state index in [1.807, 2.05) is 0 Å². The molecule has 4 heteroatoms. The smallest absolute Gasteiger partial charge is 0.163 e. The van der Waals surface area contributed by atoms with Crippen LogP contribution in [0.15, 0.2) is 30.3 Å². The quantitative estimate of drug-likeness (QED) is 0.639. The molecule has 2 aliphatic heterocycles. The number of halogens is 1. The van der Waals surface area contributed by atoms with Gasteiger partial charge in [0.05, 0.1) is 6.61 Å². The van der Waals surface area contributed by atoms with Crippen LogP contribution in [0.2, 0.25) is 0 Å². The molecule has 3 nitrogen and oxygen atoms in total. The van der Waals surface area contributed by atoms with Gasteiger partial charge >= 0.3 is 0 Å². The lowest BCUT2D eigenvalue weighted by Gasteiger charge is -2.23. The number of nitrogens with zero attached hydrogens (tertiary/aromatic N) is 1. The van der Waals surface area contributed by atoms with Crippen molar-refractivity contribution in [3.8, 4) is 11.1 Å². The maximum absolute atomic E-state index is 13.7. The van der Waals surface area contributed by atoms with Gasteiger partial charge < -0.3 is 9.64 Å². The van der Waals surface area contributed by atoms with Crippen LogP contribution in [0.4, 0.5) is 4.39 Å². The monoisotopic (exact) mass is 419 g/mol. The fourth-order valence-corrected chi connectivity index (χ4v) is 5.98. The predicted octanol–water partition coefficient (Wildman–Crippen LogP) is 5.19. The summed E-state index contributed by atoms with van der Waals surface area (Å²) in [5.74, 6) is 0.736.